The van der Waals surface area contributed by atoms with E-state index in [4.69, 9.17) is 0 Å². The standard InChI is InChI=1S/C21H26N4O2/c1-22-21(27)24-11-7-15(8-12-24)17-9-13-25(14-17)20(26)19-18-5-3-2-4-16(18)6-10-23-19/h2-6,10,15,17H,7-9,11-14H2,1H3,(H,22,27). The van der Waals surface area contributed by atoms with Gasteiger partial charge in [-0.2, -0.15) is 0 Å². The van der Waals surface area contributed by atoms with Gasteiger partial charge in [-0.1, -0.05) is 24.3 Å². The normalized spacial score (nSPS) is 20.9. The Morgan fingerprint density at radius 2 is 1.70 bits per heavy atom. The summed E-state index contributed by atoms with van der Waals surface area (Å²) in [7, 11) is 1.68. The van der Waals surface area contributed by atoms with E-state index in [9.17, 15) is 9.59 Å². The molecule has 6 nitrogen and oxygen atoms in total. The zero-order valence-corrected chi connectivity index (χ0v) is 15.7. The van der Waals surface area contributed by atoms with Gasteiger partial charge in [-0.05, 0) is 42.6 Å². The number of piperidine rings is 1. The highest BCUT2D eigenvalue weighted by Crippen LogP contribution is 2.32. The lowest BCUT2D eigenvalue weighted by Crippen LogP contribution is -2.44. The molecule has 0 saturated carbocycles. The maximum Gasteiger partial charge on any atom is 0.317 e. The Kier molecular flexibility index (Phi) is 4.97. The maximum absolute atomic E-state index is 13.1. The molecule has 3 amide bonds. The molecular formula is C21H26N4O2. The molecule has 0 aliphatic carbocycles. The van der Waals surface area contributed by atoms with Crippen LogP contribution in [0.15, 0.2) is 36.5 Å². The first kappa shape index (κ1) is 17.8. The summed E-state index contributed by atoms with van der Waals surface area (Å²) in [6, 6.07) is 9.87. The molecular weight excluding hydrogens is 340 g/mol. The number of pyridine rings is 1. The molecule has 3 heterocycles. The Morgan fingerprint density at radius 3 is 2.48 bits per heavy atom. The van der Waals surface area contributed by atoms with Crippen LogP contribution in [0.4, 0.5) is 4.79 Å². The van der Waals surface area contributed by atoms with E-state index >= 15 is 0 Å². The van der Waals surface area contributed by atoms with Crippen LogP contribution in [0.5, 0.6) is 0 Å². The van der Waals surface area contributed by atoms with Crippen molar-refractivity contribution in [1.82, 2.24) is 20.1 Å². The number of nitrogens with zero attached hydrogens (tertiary/aromatic N) is 3. The molecule has 1 unspecified atom stereocenters. The number of fused-ring (bicyclic) bond motifs is 1. The van der Waals surface area contributed by atoms with Gasteiger partial charge in [0.2, 0.25) is 0 Å². The van der Waals surface area contributed by atoms with Gasteiger partial charge in [0.25, 0.3) is 5.91 Å². The third-order valence-electron chi connectivity index (χ3n) is 6.10. The molecule has 1 atom stereocenters. The highest BCUT2D eigenvalue weighted by Gasteiger charge is 2.35. The van der Waals surface area contributed by atoms with Crippen molar-refractivity contribution in [3.8, 4) is 0 Å². The predicted octanol–water partition coefficient (Wildman–Crippen LogP) is 2.75. The van der Waals surface area contributed by atoms with Crippen LogP contribution in [0.3, 0.4) is 0 Å². The molecule has 0 spiro atoms. The number of amides is 3. The van der Waals surface area contributed by atoms with Crippen molar-refractivity contribution >= 4 is 22.7 Å². The fourth-order valence-corrected chi connectivity index (χ4v) is 4.53. The van der Waals surface area contributed by atoms with Crippen LogP contribution in [-0.4, -0.2) is 59.9 Å². The molecule has 2 fully saturated rings. The van der Waals surface area contributed by atoms with E-state index < -0.39 is 0 Å². The second-order valence-corrected chi connectivity index (χ2v) is 7.56. The van der Waals surface area contributed by atoms with Crippen LogP contribution < -0.4 is 5.32 Å². The molecule has 2 aliphatic rings. The van der Waals surface area contributed by atoms with Crippen LogP contribution in [0.25, 0.3) is 10.8 Å². The topological polar surface area (TPSA) is 65.5 Å². The van der Waals surface area contributed by atoms with Gasteiger partial charge in [-0.3, -0.25) is 9.78 Å². The Bertz CT molecular complexity index is 840. The van der Waals surface area contributed by atoms with Crippen molar-refractivity contribution in [3.05, 3.63) is 42.2 Å². The predicted molar refractivity (Wildman–Crippen MR) is 105 cm³/mol. The molecule has 2 aliphatic heterocycles. The number of urea groups is 1. The number of rotatable bonds is 2. The van der Waals surface area contributed by atoms with Crippen LogP contribution in [0, 0.1) is 11.8 Å². The van der Waals surface area contributed by atoms with E-state index in [0.29, 0.717) is 17.5 Å². The van der Waals surface area contributed by atoms with Gasteiger partial charge in [-0.15, -0.1) is 0 Å². The van der Waals surface area contributed by atoms with Crippen LogP contribution >= 0.6 is 0 Å². The average molecular weight is 366 g/mol. The number of hydrogen-bond donors (Lipinski definition) is 1. The molecule has 6 heteroatoms. The van der Waals surface area contributed by atoms with Gasteiger partial charge < -0.3 is 15.1 Å². The highest BCUT2D eigenvalue weighted by atomic mass is 16.2. The molecule has 2 aromatic rings. The first-order valence-corrected chi connectivity index (χ1v) is 9.77. The maximum atomic E-state index is 13.1. The summed E-state index contributed by atoms with van der Waals surface area (Å²) in [5.41, 5.74) is 0.559. The molecule has 1 aromatic heterocycles. The molecule has 4 rings (SSSR count). The molecule has 0 bridgehead atoms. The van der Waals surface area contributed by atoms with E-state index in [0.717, 1.165) is 56.2 Å². The smallest absolute Gasteiger partial charge is 0.317 e. The number of hydrogen-bond acceptors (Lipinski definition) is 3. The van der Waals surface area contributed by atoms with Gasteiger partial charge in [0.15, 0.2) is 0 Å². The van der Waals surface area contributed by atoms with E-state index in [1.165, 1.54) is 0 Å². The van der Waals surface area contributed by atoms with Crippen molar-refractivity contribution in [2.24, 2.45) is 11.8 Å². The minimum atomic E-state index is 0.0127. The van der Waals surface area contributed by atoms with Gasteiger partial charge in [-0.25, -0.2) is 4.79 Å². The summed E-state index contributed by atoms with van der Waals surface area (Å²) in [6.07, 6.45) is 4.80. The summed E-state index contributed by atoms with van der Waals surface area (Å²) in [5, 5.41) is 4.67. The Balaban J connectivity index is 1.41. The Labute approximate surface area is 159 Å². The van der Waals surface area contributed by atoms with E-state index in [2.05, 4.69) is 10.3 Å². The second kappa shape index (κ2) is 7.55. The average Bonchev–Trinajstić information content (AvgIpc) is 3.22. The number of aromatic nitrogens is 1. The van der Waals surface area contributed by atoms with Gasteiger partial charge in [0.1, 0.15) is 5.69 Å². The van der Waals surface area contributed by atoms with Gasteiger partial charge >= 0.3 is 6.03 Å². The van der Waals surface area contributed by atoms with Gasteiger partial charge in [0.05, 0.1) is 0 Å². The molecule has 2 saturated heterocycles. The largest absolute Gasteiger partial charge is 0.341 e. The summed E-state index contributed by atoms with van der Waals surface area (Å²) in [6.45, 7) is 3.21. The minimum Gasteiger partial charge on any atom is -0.341 e. The van der Waals surface area contributed by atoms with E-state index in [1.807, 2.05) is 40.1 Å². The minimum absolute atomic E-state index is 0.0127. The van der Waals surface area contributed by atoms with Crippen molar-refractivity contribution in [3.63, 3.8) is 0 Å². The van der Waals surface area contributed by atoms with Gasteiger partial charge in [0, 0.05) is 44.8 Å². The number of carbonyl (C=O) groups is 2. The molecule has 27 heavy (non-hydrogen) atoms. The monoisotopic (exact) mass is 366 g/mol. The van der Waals surface area contributed by atoms with Crippen molar-refractivity contribution in [2.75, 3.05) is 33.2 Å². The zero-order valence-electron chi connectivity index (χ0n) is 15.7. The molecule has 1 aromatic carbocycles. The molecule has 142 valence electrons. The fraction of sp³-hybridized carbons (Fsp3) is 0.476. The first-order chi connectivity index (χ1) is 13.2. The summed E-state index contributed by atoms with van der Waals surface area (Å²) in [4.78, 5) is 33.1. The van der Waals surface area contributed by atoms with Crippen molar-refractivity contribution in [2.45, 2.75) is 19.3 Å². The Hall–Kier alpha value is -2.63. The first-order valence-electron chi connectivity index (χ1n) is 9.77. The summed E-state index contributed by atoms with van der Waals surface area (Å²) >= 11 is 0. The molecule has 0 radical (unpaired) electrons. The second-order valence-electron chi connectivity index (χ2n) is 7.56. The molecule has 1 N–H and O–H groups in total. The SMILES string of the molecule is CNC(=O)N1CCC(C2CCN(C(=O)c3nccc4ccccc34)C2)CC1. The summed E-state index contributed by atoms with van der Waals surface area (Å²) in [5.74, 6) is 1.15. The van der Waals surface area contributed by atoms with Crippen molar-refractivity contribution in [1.29, 1.82) is 0 Å². The lowest BCUT2D eigenvalue weighted by molar-refractivity contribution is 0.0773. The quantitative estimate of drug-likeness (QED) is 0.889. The van der Waals surface area contributed by atoms with Crippen LogP contribution in [0.2, 0.25) is 0 Å². The third-order valence-corrected chi connectivity index (χ3v) is 6.10. The van der Waals surface area contributed by atoms with E-state index in [1.54, 1.807) is 13.2 Å². The lowest BCUT2D eigenvalue weighted by atomic mass is 9.84. The fourth-order valence-electron chi connectivity index (χ4n) is 4.53. The number of carbonyl (C=O) groups excluding carboxylic acids is 2. The van der Waals surface area contributed by atoms with E-state index in [-0.39, 0.29) is 11.9 Å². The number of likely N-dealkylation sites (tertiary alicyclic amines) is 2. The number of nitrogens with one attached hydrogen (secondary N) is 1. The number of benzene rings is 1. The third kappa shape index (κ3) is 3.48. The lowest BCUT2D eigenvalue weighted by Gasteiger charge is -2.34. The van der Waals surface area contributed by atoms with Crippen LogP contribution in [0.1, 0.15) is 29.8 Å². The Morgan fingerprint density at radius 1 is 1.00 bits per heavy atom. The van der Waals surface area contributed by atoms with Crippen LogP contribution in [-0.2, 0) is 0 Å². The van der Waals surface area contributed by atoms with Crippen molar-refractivity contribution < 1.29 is 9.59 Å². The zero-order chi connectivity index (χ0) is 18.8. The summed E-state index contributed by atoms with van der Waals surface area (Å²) < 4.78 is 0. The highest BCUT2D eigenvalue weighted by molar-refractivity contribution is 6.05.